The molecule has 2 saturated heterocycles. The molecule has 4 nitrogen and oxygen atoms in total. The van der Waals surface area contributed by atoms with E-state index in [0.717, 1.165) is 45.1 Å². The SMILES string of the molecule is c1ccc(COC[C@]23COC[C@H]2CN(Cc2ccsc2)C3)nc1. The van der Waals surface area contributed by atoms with E-state index in [2.05, 4.69) is 26.7 Å². The van der Waals surface area contributed by atoms with Crippen LogP contribution in [0.4, 0.5) is 0 Å². The van der Waals surface area contributed by atoms with Crippen LogP contribution in [0.1, 0.15) is 11.3 Å². The summed E-state index contributed by atoms with van der Waals surface area (Å²) in [5, 5.41) is 4.40. The predicted octanol–water partition coefficient (Wildman–Crippen LogP) is 2.81. The second-order valence-electron chi connectivity index (χ2n) is 6.69. The van der Waals surface area contributed by atoms with E-state index in [1.165, 1.54) is 5.56 Å². The molecule has 2 fully saturated rings. The number of ether oxygens (including phenoxy) is 2. The van der Waals surface area contributed by atoms with Gasteiger partial charge >= 0.3 is 0 Å². The topological polar surface area (TPSA) is 34.6 Å². The number of rotatable bonds is 6. The van der Waals surface area contributed by atoms with Crippen LogP contribution in [0.15, 0.2) is 41.2 Å². The van der Waals surface area contributed by atoms with Crippen molar-refractivity contribution in [1.29, 1.82) is 0 Å². The average molecular weight is 330 g/mol. The molecule has 23 heavy (non-hydrogen) atoms. The van der Waals surface area contributed by atoms with Gasteiger partial charge in [0.1, 0.15) is 0 Å². The second-order valence-corrected chi connectivity index (χ2v) is 7.47. The number of nitrogens with zero attached hydrogens (tertiary/aromatic N) is 2. The van der Waals surface area contributed by atoms with E-state index >= 15 is 0 Å². The lowest BCUT2D eigenvalue weighted by Crippen LogP contribution is -2.35. The van der Waals surface area contributed by atoms with E-state index in [0.29, 0.717) is 12.5 Å². The molecule has 0 bridgehead atoms. The number of fused-ring (bicyclic) bond motifs is 1. The Kier molecular flexibility index (Phi) is 4.44. The van der Waals surface area contributed by atoms with Crippen LogP contribution in [0, 0.1) is 11.3 Å². The summed E-state index contributed by atoms with van der Waals surface area (Å²) in [7, 11) is 0. The monoisotopic (exact) mass is 330 g/mol. The van der Waals surface area contributed by atoms with Crippen molar-refractivity contribution in [2.45, 2.75) is 13.2 Å². The highest BCUT2D eigenvalue weighted by Gasteiger charge is 2.50. The average Bonchev–Trinajstić information content (AvgIpc) is 3.25. The summed E-state index contributed by atoms with van der Waals surface area (Å²) in [6.45, 7) is 6.25. The van der Waals surface area contributed by atoms with Crippen molar-refractivity contribution in [2.75, 3.05) is 32.9 Å². The Morgan fingerprint density at radius 1 is 1.39 bits per heavy atom. The van der Waals surface area contributed by atoms with Gasteiger partial charge in [-0.15, -0.1) is 0 Å². The standard InChI is InChI=1S/C18H22N2O2S/c1-2-5-19-17(3-1)10-22-14-18-12-20(7-15-4-6-23-11-15)8-16(18)9-21-13-18/h1-6,11,16H,7-10,12-14H2/t16-,18+/m1/s1. The lowest BCUT2D eigenvalue weighted by Gasteiger charge is -2.27. The number of aromatic nitrogens is 1. The Hall–Kier alpha value is -1.27. The normalized spacial score (nSPS) is 27.4. The predicted molar refractivity (Wildman–Crippen MR) is 90.2 cm³/mol. The van der Waals surface area contributed by atoms with Crippen LogP contribution in [0.2, 0.25) is 0 Å². The van der Waals surface area contributed by atoms with E-state index in [4.69, 9.17) is 9.47 Å². The van der Waals surface area contributed by atoms with E-state index in [1.807, 2.05) is 24.4 Å². The van der Waals surface area contributed by atoms with E-state index in [1.54, 1.807) is 11.3 Å². The van der Waals surface area contributed by atoms with Gasteiger partial charge in [0.25, 0.3) is 0 Å². The molecule has 0 aliphatic carbocycles. The Labute approximate surface area is 141 Å². The van der Waals surface area contributed by atoms with Crippen molar-refractivity contribution in [1.82, 2.24) is 9.88 Å². The van der Waals surface area contributed by atoms with Crippen LogP contribution in [-0.2, 0) is 22.6 Å². The molecule has 0 spiro atoms. The first-order valence-corrected chi connectivity index (χ1v) is 9.07. The zero-order valence-electron chi connectivity index (χ0n) is 13.2. The van der Waals surface area contributed by atoms with Crippen LogP contribution < -0.4 is 0 Å². The summed E-state index contributed by atoms with van der Waals surface area (Å²) < 4.78 is 11.8. The van der Waals surface area contributed by atoms with Gasteiger partial charge in [-0.1, -0.05) is 6.07 Å². The minimum absolute atomic E-state index is 0.158. The van der Waals surface area contributed by atoms with E-state index in [-0.39, 0.29) is 5.41 Å². The van der Waals surface area contributed by atoms with Crippen molar-refractivity contribution in [3.8, 4) is 0 Å². The van der Waals surface area contributed by atoms with Gasteiger partial charge in [0.05, 0.1) is 32.1 Å². The van der Waals surface area contributed by atoms with Crippen LogP contribution in [0.25, 0.3) is 0 Å². The molecule has 0 radical (unpaired) electrons. The smallest absolute Gasteiger partial charge is 0.0888 e. The third kappa shape index (κ3) is 3.33. The Morgan fingerprint density at radius 3 is 3.22 bits per heavy atom. The summed E-state index contributed by atoms with van der Waals surface area (Å²) in [5.41, 5.74) is 2.57. The van der Waals surface area contributed by atoms with Crippen molar-refractivity contribution in [2.24, 2.45) is 11.3 Å². The van der Waals surface area contributed by atoms with Gasteiger partial charge in [-0.05, 0) is 34.5 Å². The highest BCUT2D eigenvalue weighted by molar-refractivity contribution is 7.07. The lowest BCUT2D eigenvalue weighted by molar-refractivity contribution is 0.0171. The summed E-state index contributed by atoms with van der Waals surface area (Å²) in [6.07, 6.45) is 1.82. The quantitative estimate of drug-likeness (QED) is 0.816. The minimum atomic E-state index is 0.158. The summed E-state index contributed by atoms with van der Waals surface area (Å²) in [5.74, 6) is 0.588. The van der Waals surface area contributed by atoms with Gasteiger partial charge in [0, 0.05) is 37.2 Å². The van der Waals surface area contributed by atoms with Gasteiger partial charge in [0.15, 0.2) is 0 Å². The summed E-state index contributed by atoms with van der Waals surface area (Å²) in [4.78, 5) is 6.88. The zero-order chi connectivity index (χ0) is 15.5. The van der Waals surface area contributed by atoms with Crippen molar-refractivity contribution >= 4 is 11.3 Å². The molecule has 0 aromatic carbocycles. The molecular formula is C18H22N2O2S. The molecular weight excluding hydrogens is 308 g/mol. The molecule has 0 saturated carbocycles. The fourth-order valence-electron chi connectivity index (χ4n) is 3.75. The lowest BCUT2D eigenvalue weighted by atomic mass is 9.82. The van der Waals surface area contributed by atoms with Crippen molar-refractivity contribution < 1.29 is 9.47 Å². The fourth-order valence-corrected chi connectivity index (χ4v) is 4.41. The number of pyridine rings is 1. The highest BCUT2D eigenvalue weighted by Crippen LogP contribution is 2.42. The first-order valence-electron chi connectivity index (χ1n) is 8.13. The molecule has 4 heterocycles. The molecule has 2 atom stereocenters. The number of likely N-dealkylation sites (tertiary alicyclic amines) is 1. The van der Waals surface area contributed by atoms with Crippen LogP contribution >= 0.6 is 11.3 Å². The van der Waals surface area contributed by atoms with Gasteiger partial charge in [-0.25, -0.2) is 0 Å². The molecule has 122 valence electrons. The molecule has 0 unspecified atom stereocenters. The van der Waals surface area contributed by atoms with Crippen molar-refractivity contribution in [3.63, 3.8) is 0 Å². The maximum absolute atomic E-state index is 6.02. The second kappa shape index (κ2) is 6.69. The van der Waals surface area contributed by atoms with Gasteiger partial charge in [0.2, 0.25) is 0 Å². The maximum atomic E-state index is 6.02. The third-order valence-electron chi connectivity index (χ3n) is 4.94. The van der Waals surface area contributed by atoms with Crippen LogP contribution in [-0.4, -0.2) is 42.8 Å². The van der Waals surface area contributed by atoms with Gasteiger partial charge in [-0.3, -0.25) is 9.88 Å². The molecule has 2 aliphatic heterocycles. The van der Waals surface area contributed by atoms with E-state index in [9.17, 15) is 0 Å². The summed E-state index contributed by atoms with van der Waals surface area (Å²) >= 11 is 1.77. The Bertz CT molecular complexity index is 619. The highest BCUT2D eigenvalue weighted by atomic mass is 32.1. The first-order chi connectivity index (χ1) is 11.3. The van der Waals surface area contributed by atoms with Crippen LogP contribution in [0.3, 0.4) is 0 Å². The summed E-state index contributed by atoms with van der Waals surface area (Å²) in [6, 6.07) is 8.17. The van der Waals surface area contributed by atoms with Crippen LogP contribution in [0.5, 0.6) is 0 Å². The molecule has 2 aromatic heterocycles. The van der Waals surface area contributed by atoms with Gasteiger partial charge in [-0.2, -0.15) is 11.3 Å². The molecule has 0 amide bonds. The first kappa shape index (κ1) is 15.3. The Morgan fingerprint density at radius 2 is 2.39 bits per heavy atom. The Balaban J connectivity index is 1.35. The molecule has 5 heteroatoms. The number of hydrogen-bond acceptors (Lipinski definition) is 5. The molecule has 2 aliphatic rings. The molecule has 2 aromatic rings. The molecule has 0 N–H and O–H groups in total. The fraction of sp³-hybridized carbons (Fsp3) is 0.500. The largest absolute Gasteiger partial charge is 0.380 e. The number of thiophene rings is 1. The minimum Gasteiger partial charge on any atom is -0.380 e. The zero-order valence-corrected chi connectivity index (χ0v) is 14.0. The van der Waals surface area contributed by atoms with E-state index < -0.39 is 0 Å². The molecule has 4 rings (SSSR count). The van der Waals surface area contributed by atoms with Crippen molar-refractivity contribution in [3.05, 3.63) is 52.5 Å². The number of hydrogen-bond donors (Lipinski definition) is 0. The maximum Gasteiger partial charge on any atom is 0.0888 e. The third-order valence-corrected chi connectivity index (χ3v) is 5.68. The van der Waals surface area contributed by atoms with Gasteiger partial charge < -0.3 is 9.47 Å².